The Morgan fingerprint density at radius 1 is 1.64 bits per heavy atom. The number of rotatable bonds is 2. The van der Waals surface area contributed by atoms with Gasteiger partial charge in [-0.25, -0.2) is 8.78 Å². The minimum Gasteiger partial charge on any atom is -0.491 e. The van der Waals surface area contributed by atoms with Crippen LogP contribution in [0.2, 0.25) is 0 Å². The minimum atomic E-state index is -2.85. The Kier molecular flexibility index (Phi) is 2.82. The predicted molar refractivity (Wildman–Crippen MR) is 43.3 cm³/mol. The second-order valence-electron chi connectivity index (χ2n) is 2.41. The van der Waals surface area contributed by atoms with Crippen molar-refractivity contribution in [2.24, 2.45) is 0 Å². The van der Waals surface area contributed by atoms with Gasteiger partial charge in [0.25, 0.3) is 12.0 Å². The van der Waals surface area contributed by atoms with E-state index in [0.717, 1.165) is 13.2 Å². The molecule has 0 aliphatic carbocycles. The zero-order chi connectivity index (χ0) is 10.7. The summed E-state index contributed by atoms with van der Waals surface area (Å²) in [4.78, 5) is 13.2. The molecule has 74 valence electrons. The first kappa shape index (κ1) is 10.2. The number of ether oxygens (including phenoxy) is 1. The molecule has 0 aliphatic heterocycles. The average molecular weight is 200 g/mol. The fraction of sp³-hybridized carbons (Fsp3) is 0.250. The summed E-state index contributed by atoms with van der Waals surface area (Å²) in [6.45, 7) is 0. The first-order valence-electron chi connectivity index (χ1n) is 3.59. The van der Waals surface area contributed by atoms with Crippen LogP contribution >= 0.6 is 0 Å². The molecule has 0 atom stereocenters. The van der Waals surface area contributed by atoms with Crippen molar-refractivity contribution in [3.05, 3.63) is 27.7 Å². The van der Waals surface area contributed by atoms with Crippen molar-refractivity contribution in [3.63, 3.8) is 0 Å². The largest absolute Gasteiger partial charge is 0.491 e. The highest BCUT2D eigenvalue weighted by atomic mass is 19.3. The zero-order valence-corrected chi connectivity index (χ0v) is 7.17. The summed E-state index contributed by atoms with van der Waals surface area (Å²) in [5, 5.41) is 8.43. The second-order valence-corrected chi connectivity index (χ2v) is 2.41. The summed E-state index contributed by atoms with van der Waals surface area (Å²) < 4.78 is 29.2. The lowest BCUT2D eigenvalue weighted by Gasteiger charge is -2.05. The zero-order valence-electron chi connectivity index (χ0n) is 7.17. The smallest absolute Gasteiger partial charge is 0.291 e. The number of methoxy groups -OCH3 is 1. The summed E-state index contributed by atoms with van der Waals surface area (Å²) in [6, 6.07) is 2.46. The molecule has 1 aromatic heterocycles. The molecule has 4 nitrogen and oxygen atoms in total. The molecule has 0 saturated heterocycles. The van der Waals surface area contributed by atoms with Gasteiger partial charge in [-0.3, -0.25) is 4.79 Å². The molecule has 6 heteroatoms. The van der Waals surface area contributed by atoms with Crippen molar-refractivity contribution in [2.75, 3.05) is 7.11 Å². The van der Waals surface area contributed by atoms with Gasteiger partial charge in [-0.1, -0.05) is 0 Å². The van der Waals surface area contributed by atoms with E-state index in [9.17, 15) is 13.6 Å². The molecule has 1 aromatic rings. The van der Waals surface area contributed by atoms with Crippen LogP contribution in [-0.4, -0.2) is 12.1 Å². The highest BCUT2D eigenvalue weighted by molar-refractivity contribution is 5.37. The van der Waals surface area contributed by atoms with Crippen molar-refractivity contribution in [1.29, 1.82) is 5.26 Å². The van der Waals surface area contributed by atoms with E-state index >= 15 is 0 Å². The van der Waals surface area contributed by atoms with Crippen molar-refractivity contribution in [3.8, 4) is 11.8 Å². The summed E-state index contributed by atoms with van der Waals surface area (Å²) in [5.74, 6) is -0.459. The molecule has 0 amide bonds. The van der Waals surface area contributed by atoms with E-state index in [1.165, 1.54) is 0 Å². The molecular formula is C8H6F2N2O2. The van der Waals surface area contributed by atoms with Gasteiger partial charge in [0.2, 0.25) is 0 Å². The van der Waals surface area contributed by atoms with Crippen LogP contribution in [0.3, 0.4) is 0 Å². The molecule has 1 rings (SSSR count). The topological polar surface area (TPSA) is 65.9 Å². The van der Waals surface area contributed by atoms with E-state index < -0.39 is 23.3 Å². The number of aromatic amines is 1. The first-order chi connectivity index (χ1) is 6.60. The van der Waals surface area contributed by atoms with E-state index in [0.29, 0.717) is 0 Å². The molecule has 0 aliphatic rings. The molecular weight excluding hydrogens is 194 g/mol. The van der Waals surface area contributed by atoms with E-state index in [2.05, 4.69) is 9.72 Å². The van der Waals surface area contributed by atoms with Gasteiger partial charge in [0.1, 0.15) is 11.8 Å². The second kappa shape index (κ2) is 3.87. The Bertz CT molecular complexity index is 434. The predicted octanol–water partition coefficient (Wildman–Crippen LogP) is 1.19. The number of nitrogens with zero attached hydrogens (tertiary/aromatic N) is 1. The van der Waals surface area contributed by atoms with E-state index in [4.69, 9.17) is 5.26 Å². The van der Waals surface area contributed by atoms with Gasteiger partial charge in [0.15, 0.2) is 5.75 Å². The van der Waals surface area contributed by atoms with E-state index in [1.807, 2.05) is 0 Å². The van der Waals surface area contributed by atoms with Gasteiger partial charge in [-0.2, -0.15) is 5.26 Å². The lowest BCUT2D eigenvalue weighted by molar-refractivity contribution is 0.146. The number of nitrogens with one attached hydrogen (secondary N) is 1. The fourth-order valence-electron chi connectivity index (χ4n) is 1.00. The fourth-order valence-corrected chi connectivity index (χ4v) is 1.00. The van der Waals surface area contributed by atoms with Crippen molar-refractivity contribution in [2.45, 2.75) is 6.43 Å². The van der Waals surface area contributed by atoms with E-state index in [1.54, 1.807) is 6.07 Å². The molecule has 0 unspecified atom stereocenters. The number of aromatic nitrogens is 1. The molecule has 1 heterocycles. The molecule has 1 N–H and O–H groups in total. The van der Waals surface area contributed by atoms with Gasteiger partial charge in [0.05, 0.1) is 12.7 Å². The number of halogens is 2. The van der Waals surface area contributed by atoms with Crippen LogP contribution in [0.25, 0.3) is 0 Å². The van der Waals surface area contributed by atoms with Gasteiger partial charge < -0.3 is 9.72 Å². The van der Waals surface area contributed by atoms with Gasteiger partial charge >= 0.3 is 0 Å². The Morgan fingerprint density at radius 2 is 2.29 bits per heavy atom. The molecule has 14 heavy (non-hydrogen) atoms. The summed E-state index contributed by atoms with van der Waals surface area (Å²) in [5.41, 5.74) is -1.62. The Hall–Kier alpha value is -1.90. The Balaban J connectivity index is 3.45. The third kappa shape index (κ3) is 1.71. The van der Waals surface area contributed by atoms with Gasteiger partial charge in [-0.05, 0) is 6.07 Å². The maximum Gasteiger partial charge on any atom is 0.291 e. The first-order valence-corrected chi connectivity index (χ1v) is 3.59. The number of nitriles is 1. The van der Waals surface area contributed by atoms with Crippen LogP contribution in [0.5, 0.6) is 5.75 Å². The maximum absolute atomic E-state index is 12.4. The van der Waals surface area contributed by atoms with Crippen LogP contribution < -0.4 is 10.3 Å². The van der Waals surface area contributed by atoms with Crippen LogP contribution in [0.1, 0.15) is 17.7 Å². The number of pyridine rings is 1. The highest BCUT2D eigenvalue weighted by Crippen LogP contribution is 2.25. The number of alkyl halides is 2. The van der Waals surface area contributed by atoms with Crippen LogP contribution in [0, 0.1) is 11.3 Å². The molecule has 0 fully saturated rings. The quantitative estimate of drug-likeness (QED) is 0.779. The third-order valence-corrected chi connectivity index (χ3v) is 1.58. The summed E-state index contributed by atoms with van der Waals surface area (Å²) >= 11 is 0. The van der Waals surface area contributed by atoms with Gasteiger partial charge in [-0.15, -0.1) is 0 Å². The number of hydrogen-bond donors (Lipinski definition) is 1. The third-order valence-electron chi connectivity index (χ3n) is 1.58. The van der Waals surface area contributed by atoms with Crippen LogP contribution in [0.15, 0.2) is 10.9 Å². The molecule has 0 radical (unpaired) electrons. The maximum atomic E-state index is 12.4. The average Bonchev–Trinajstić information content (AvgIpc) is 2.16. The van der Waals surface area contributed by atoms with E-state index in [-0.39, 0.29) is 5.69 Å². The summed E-state index contributed by atoms with van der Waals surface area (Å²) in [6.07, 6.45) is -2.85. The van der Waals surface area contributed by atoms with Crippen LogP contribution in [0.4, 0.5) is 8.78 Å². The number of hydrogen-bond acceptors (Lipinski definition) is 3. The standard InChI is InChI=1S/C8H6F2N2O2/c1-14-6-5(7(9)10)2-4(3-11)12-8(6)13/h2,7H,1H3,(H,12,13). The van der Waals surface area contributed by atoms with Crippen molar-refractivity contribution < 1.29 is 13.5 Å². The normalized spacial score (nSPS) is 9.93. The molecule has 0 saturated carbocycles. The molecule has 0 spiro atoms. The van der Waals surface area contributed by atoms with Crippen molar-refractivity contribution in [1.82, 2.24) is 4.98 Å². The Morgan fingerprint density at radius 3 is 2.71 bits per heavy atom. The summed E-state index contributed by atoms with van der Waals surface area (Å²) in [7, 11) is 1.11. The number of H-pyrrole nitrogens is 1. The molecule has 0 bridgehead atoms. The lowest BCUT2D eigenvalue weighted by Crippen LogP contribution is -2.13. The monoisotopic (exact) mass is 200 g/mol. The SMILES string of the molecule is COc1c(C(F)F)cc(C#N)[nH]c1=O. The minimum absolute atomic E-state index is 0.217. The highest BCUT2D eigenvalue weighted by Gasteiger charge is 2.18. The van der Waals surface area contributed by atoms with Gasteiger partial charge in [0, 0.05) is 0 Å². The van der Waals surface area contributed by atoms with Crippen molar-refractivity contribution >= 4 is 0 Å². The molecule has 0 aromatic carbocycles. The lowest BCUT2D eigenvalue weighted by atomic mass is 10.2. The van der Waals surface area contributed by atoms with Crippen LogP contribution in [-0.2, 0) is 0 Å². The Labute approximate surface area is 77.7 Å².